The molecule has 2 atom stereocenters. The van der Waals surface area contributed by atoms with Crippen molar-refractivity contribution in [2.75, 3.05) is 13.1 Å². The molecule has 0 aromatic rings. The first-order chi connectivity index (χ1) is 8.60. The molecule has 0 spiro atoms. The van der Waals surface area contributed by atoms with Crippen LogP contribution in [-0.2, 0) is 4.79 Å². The monoisotopic (exact) mass is 253 g/mol. The molecule has 1 rings (SSSR count). The summed E-state index contributed by atoms with van der Waals surface area (Å²) in [6.07, 6.45) is 7.20. The van der Waals surface area contributed by atoms with Gasteiger partial charge in [-0.15, -0.1) is 0 Å². The molecule has 0 amide bonds. The molecule has 1 saturated carbocycles. The molecule has 0 aromatic carbocycles. The highest BCUT2D eigenvalue weighted by Crippen LogP contribution is 2.30. The van der Waals surface area contributed by atoms with Crippen LogP contribution in [0.2, 0.25) is 0 Å². The predicted molar refractivity (Wildman–Crippen MR) is 77.7 cm³/mol. The zero-order chi connectivity index (χ0) is 13.5. The lowest BCUT2D eigenvalue weighted by Crippen LogP contribution is -2.41. The molecule has 0 aromatic heterocycles. The highest BCUT2D eigenvalue weighted by Gasteiger charge is 2.30. The van der Waals surface area contributed by atoms with Crippen molar-refractivity contribution >= 4 is 5.78 Å². The molecule has 1 aliphatic carbocycles. The van der Waals surface area contributed by atoms with Crippen LogP contribution in [0.1, 0.15) is 66.2 Å². The average molecular weight is 253 g/mol. The number of carbonyl (C=O) groups is 1. The van der Waals surface area contributed by atoms with E-state index in [2.05, 4.69) is 18.7 Å². The van der Waals surface area contributed by atoms with Crippen LogP contribution in [0.15, 0.2) is 0 Å². The fourth-order valence-electron chi connectivity index (χ4n) is 3.28. The van der Waals surface area contributed by atoms with E-state index in [4.69, 9.17) is 0 Å². The van der Waals surface area contributed by atoms with E-state index in [1.165, 1.54) is 38.8 Å². The molecular weight excluding hydrogens is 222 g/mol. The topological polar surface area (TPSA) is 20.3 Å². The standard InChI is InChI=1S/C16H31NO/c1-5-10-17(11-6-2)15-9-7-8-14(12-15)16(18)13(3)4/h13-15H,5-12H2,1-4H3. The molecule has 1 aliphatic rings. The van der Waals surface area contributed by atoms with Crippen molar-refractivity contribution in [2.24, 2.45) is 11.8 Å². The van der Waals surface area contributed by atoms with Crippen molar-refractivity contribution in [3.63, 3.8) is 0 Å². The molecule has 0 saturated heterocycles. The minimum absolute atomic E-state index is 0.208. The lowest BCUT2D eigenvalue weighted by atomic mass is 9.79. The molecule has 2 nitrogen and oxygen atoms in total. The van der Waals surface area contributed by atoms with E-state index in [9.17, 15) is 4.79 Å². The van der Waals surface area contributed by atoms with Crippen molar-refractivity contribution in [1.29, 1.82) is 0 Å². The molecule has 18 heavy (non-hydrogen) atoms. The Balaban J connectivity index is 2.58. The van der Waals surface area contributed by atoms with Crippen LogP contribution in [0, 0.1) is 11.8 Å². The minimum Gasteiger partial charge on any atom is -0.300 e. The third-order valence-corrected chi connectivity index (χ3v) is 4.16. The van der Waals surface area contributed by atoms with Gasteiger partial charge < -0.3 is 4.90 Å². The molecule has 1 fully saturated rings. The summed E-state index contributed by atoms with van der Waals surface area (Å²) in [6.45, 7) is 11.0. The first kappa shape index (κ1) is 15.7. The molecule has 2 heteroatoms. The van der Waals surface area contributed by atoms with Crippen molar-refractivity contribution < 1.29 is 4.79 Å². The molecule has 0 heterocycles. The van der Waals surface area contributed by atoms with Gasteiger partial charge in [-0.05, 0) is 45.2 Å². The first-order valence-electron chi connectivity index (χ1n) is 7.87. The fourth-order valence-corrected chi connectivity index (χ4v) is 3.28. The number of Topliss-reactive ketones (excluding diaryl/α,β-unsaturated/α-hetero) is 1. The van der Waals surface area contributed by atoms with Crippen molar-refractivity contribution in [2.45, 2.75) is 72.3 Å². The maximum atomic E-state index is 12.2. The number of carbonyl (C=O) groups excluding carboxylic acids is 1. The SMILES string of the molecule is CCCN(CCC)C1CCCC(C(=O)C(C)C)C1. The molecular formula is C16H31NO. The molecule has 106 valence electrons. The van der Waals surface area contributed by atoms with Gasteiger partial charge in [0.25, 0.3) is 0 Å². The van der Waals surface area contributed by atoms with E-state index in [1.807, 2.05) is 13.8 Å². The van der Waals surface area contributed by atoms with E-state index >= 15 is 0 Å². The summed E-state index contributed by atoms with van der Waals surface area (Å²) in [6, 6.07) is 0.659. The first-order valence-corrected chi connectivity index (χ1v) is 7.87. The second-order valence-corrected chi connectivity index (χ2v) is 6.11. The van der Waals surface area contributed by atoms with Gasteiger partial charge in [0.1, 0.15) is 5.78 Å². The highest BCUT2D eigenvalue weighted by molar-refractivity contribution is 5.82. The Morgan fingerprint density at radius 1 is 1.17 bits per heavy atom. The van der Waals surface area contributed by atoms with E-state index in [1.54, 1.807) is 0 Å². The molecule has 2 unspecified atom stereocenters. The number of nitrogens with zero attached hydrogens (tertiary/aromatic N) is 1. The number of hydrogen-bond donors (Lipinski definition) is 0. The summed E-state index contributed by atoms with van der Waals surface area (Å²) < 4.78 is 0. The third-order valence-electron chi connectivity index (χ3n) is 4.16. The quantitative estimate of drug-likeness (QED) is 0.686. The zero-order valence-electron chi connectivity index (χ0n) is 12.7. The van der Waals surface area contributed by atoms with Crippen LogP contribution >= 0.6 is 0 Å². The van der Waals surface area contributed by atoms with Crippen molar-refractivity contribution in [3.8, 4) is 0 Å². The second kappa shape index (κ2) is 7.93. The summed E-state index contributed by atoms with van der Waals surface area (Å²) in [5, 5.41) is 0. The fraction of sp³-hybridized carbons (Fsp3) is 0.938. The summed E-state index contributed by atoms with van der Waals surface area (Å²) >= 11 is 0. The number of ketones is 1. The summed E-state index contributed by atoms with van der Waals surface area (Å²) in [4.78, 5) is 14.8. The van der Waals surface area contributed by atoms with E-state index in [0.717, 1.165) is 12.8 Å². The van der Waals surface area contributed by atoms with Crippen LogP contribution in [0.4, 0.5) is 0 Å². The minimum atomic E-state index is 0.208. The molecule has 0 radical (unpaired) electrons. The summed E-state index contributed by atoms with van der Waals surface area (Å²) in [7, 11) is 0. The van der Waals surface area contributed by atoms with Gasteiger partial charge in [0.05, 0.1) is 0 Å². The lowest BCUT2D eigenvalue weighted by molar-refractivity contribution is -0.127. The third kappa shape index (κ3) is 4.38. The zero-order valence-corrected chi connectivity index (χ0v) is 12.7. The summed E-state index contributed by atoms with van der Waals surface area (Å²) in [5.74, 6) is 1.03. The van der Waals surface area contributed by atoms with Gasteiger partial charge in [0.2, 0.25) is 0 Å². The van der Waals surface area contributed by atoms with Gasteiger partial charge in [-0.2, -0.15) is 0 Å². The van der Waals surface area contributed by atoms with Crippen LogP contribution in [0.3, 0.4) is 0 Å². The normalized spacial score (nSPS) is 24.8. The highest BCUT2D eigenvalue weighted by atomic mass is 16.1. The van der Waals surface area contributed by atoms with E-state index < -0.39 is 0 Å². The summed E-state index contributed by atoms with van der Waals surface area (Å²) in [5.41, 5.74) is 0. The predicted octanol–water partition coefficient (Wildman–Crippen LogP) is 3.89. The average Bonchev–Trinajstić information content (AvgIpc) is 2.37. The lowest BCUT2D eigenvalue weighted by Gasteiger charge is -2.37. The Morgan fingerprint density at radius 2 is 1.78 bits per heavy atom. The Hall–Kier alpha value is -0.370. The second-order valence-electron chi connectivity index (χ2n) is 6.11. The van der Waals surface area contributed by atoms with Gasteiger partial charge in [0.15, 0.2) is 0 Å². The van der Waals surface area contributed by atoms with Gasteiger partial charge in [-0.25, -0.2) is 0 Å². The van der Waals surface area contributed by atoms with Crippen LogP contribution in [0.25, 0.3) is 0 Å². The Labute approximate surface area is 113 Å². The number of hydrogen-bond acceptors (Lipinski definition) is 2. The van der Waals surface area contributed by atoms with E-state index in [0.29, 0.717) is 17.7 Å². The van der Waals surface area contributed by atoms with Crippen LogP contribution < -0.4 is 0 Å². The largest absolute Gasteiger partial charge is 0.300 e. The molecule has 0 bridgehead atoms. The molecule has 0 N–H and O–H groups in total. The van der Waals surface area contributed by atoms with Crippen molar-refractivity contribution in [3.05, 3.63) is 0 Å². The Kier molecular flexibility index (Phi) is 6.91. The van der Waals surface area contributed by atoms with Gasteiger partial charge in [-0.3, -0.25) is 4.79 Å². The van der Waals surface area contributed by atoms with Gasteiger partial charge in [0, 0.05) is 17.9 Å². The number of rotatable bonds is 7. The Bertz CT molecular complexity index is 243. The van der Waals surface area contributed by atoms with Crippen LogP contribution in [0.5, 0.6) is 0 Å². The molecule has 0 aliphatic heterocycles. The van der Waals surface area contributed by atoms with E-state index in [-0.39, 0.29) is 5.92 Å². The smallest absolute Gasteiger partial charge is 0.138 e. The maximum Gasteiger partial charge on any atom is 0.138 e. The van der Waals surface area contributed by atoms with Gasteiger partial charge >= 0.3 is 0 Å². The Morgan fingerprint density at radius 3 is 2.28 bits per heavy atom. The van der Waals surface area contributed by atoms with Gasteiger partial charge in [-0.1, -0.05) is 34.1 Å². The maximum absolute atomic E-state index is 12.2. The van der Waals surface area contributed by atoms with Crippen LogP contribution in [-0.4, -0.2) is 29.8 Å². The van der Waals surface area contributed by atoms with Crippen molar-refractivity contribution in [1.82, 2.24) is 4.90 Å².